The van der Waals surface area contributed by atoms with Crippen LogP contribution >= 0.6 is 0 Å². The van der Waals surface area contributed by atoms with Gasteiger partial charge >= 0.3 is 0 Å². The molecule has 0 spiro atoms. The molecule has 1 aromatic heterocycles. The summed E-state index contributed by atoms with van der Waals surface area (Å²) in [6, 6.07) is 0. The number of aryl methyl sites for hydroxylation is 2. The number of nitrogens with zero attached hydrogens (tertiary/aromatic N) is 3. The van der Waals surface area contributed by atoms with Crippen molar-refractivity contribution in [1.29, 1.82) is 0 Å². The Morgan fingerprint density at radius 2 is 2.12 bits per heavy atom. The second-order valence-corrected chi connectivity index (χ2v) is 8.79. The van der Waals surface area contributed by atoms with Crippen molar-refractivity contribution in [3.8, 4) is 0 Å². The summed E-state index contributed by atoms with van der Waals surface area (Å²) in [4.78, 5) is 14.7. The van der Waals surface area contributed by atoms with E-state index >= 15 is 0 Å². The van der Waals surface area contributed by atoms with Gasteiger partial charge in [0.1, 0.15) is 4.90 Å². The molecule has 1 aliphatic heterocycles. The maximum Gasteiger partial charge on any atom is 0.246 e. The number of aromatic nitrogens is 2. The van der Waals surface area contributed by atoms with Crippen LogP contribution in [0.5, 0.6) is 0 Å². The van der Waals surface area contributed by atoms with Crippen molar-refractivity contribution < 1.29 is 13.2 Å². The van der Waals surface area contributed by atoms with Crippen LogP contribution in [0.15, 0.2) is 4.90 Å². The molecule has 9 heteroatoms. The lowest BCUT2D eigenvalue weighted by molar-refractivity contribution is -0.126. The SMILES string of the molecule is Cc1n[nH]c(C)c1S(=O)(=O)N1CCCC(C(=O)NCCCN(C)C)C1. The molecule has 2 N–H and O–H groups in total. The van der Waals surface area contributed by atoms with Crippen molar-refractivity contribution in [3.05, 3.63) is 11.4 Å². The Hall–Kier alpha value is -1.45. The number of carbonyl (C=O) groups excluding carboxylic acids is 1. The number of hydrogen-bond donors (Lipinski definition) is 2. The van der Waals surface area contributed by atoms with Crippen LogP contribution in [0.25, 0.3) is 0 Å². The van der Waals surface area contributed by atoms with Crippen LogP contribution in [0.2, 0.25) is 0 Å². The van der Waals surface area contributed by atoms with Crippen molar-refractivity contribution in [2.45, 2.75) is 38.0 Å². The zero-order valence-corrected chi connectivity index (χ0v) is 16.3. The summed E-state index contributed by atoms with van der Waals surface area (Å²) in [5.41, 5.74) is 1.00. The predicted molar refractivity (Wildman–Crippen MR) is 95.7 cm³/mol. The van der Waals surface area contributed by atoms with Crippen molar-refractivity contribution >= 4 is 15.9 Å². The van der Waals surface area contributed by atoms with E-state index in [1.165, 1.54) is 4.31 Å². The maximum absolute atomic E-state index is 12.9. The number of rotatable bonds is 7. The van der Waals surface area contributed by atoms with E-state index in [9.17, 15) is 13.2 Å². The lowest BCUT2D eigenvalue weighted by Gasteiger charge is -2.31. The fraction of sp³-hybridized carbons (Fsp3) is 0.750. The Bertz CT molecular complexity index is 679. The first kappa shape index (κ1) is 19.9. The van der Waals surface area contributed by atoms with Gasteiger partial charge in [-0.15, -0.1) is 0 Å². The predicted octanol–water partition coefficient (Wildman–Crippen LogP) is 0.495. The van der Waals surface area contributed by atoms with Gasteiger partial charge in [-0.3, -0.25) is 9.89 Å². The first-order valence-electron chi connectivity index (χ1n) is 8.67. The van der Waals surface area contributed by atoms with E-state index in [0.29, 0.717) is 30.9 Å². The average Bonchev–Trinajstić information content (AvgIpc) is 2.90. The highest BCUT2D eigenvalue weighted by molar-refractivity contribution is 7.89. The number of H-pyrrole nitrogens is 1. The molecule has 2 rings (SSSR count). The number of piperidine rings is 1. The molecule has 0 bridgehead atoms. The summed E-state index contributed by atoms with van der Waals surface area (Å²) in [5, 5.41) is 9.63. The lowest BCUT2D eigenvalue weighted by Crippen LogP contribution is -2.45. The largest absolute Gasteiger partial charge is 0.356 e. The molecule has 1 atom stereocenters. The Balaban J connectivity index is 1.99. The molecular formula is C16H29N5O3S. The lowest BCUT2D eigenvalue weighted by atomic mass is 9.99. The van der Waals surface area contributed by atoms with E-state index in [-0.39, 0.29) is 23.3 Å². The average molecular weight is 372 g/mol. The summed E-state index contributed by atoms with van der Waals surface area (Å²) in [6.07, 6.45) is 2.28. The van der Waals surface area contributed by atoms with Crippen LogP contribution in [-0.2, 0) is 14.8 Å². The first-order valence-corrected chi connectivity index (χ1v) is 10.1. The van der Waals surface area contributed by atoms with Crippen LogP contribution in [0, 0.1) is 19.8 Å². The Labute approximate surface area is 150 Å². The number of aromatic amines is 1. The molecule has 1 aromatic rings. The molecule has 1 saturated heterocycles. The third-order valence-electron chi connectivity index (χ3n) is 4.49. The van der Waals surface area contributed by atoms with E-state index in [0.717, 1.165) is 19.4 Å². The molecular weight excluding hydrogens is 342 g/mol. The quantitative estimate of drug-likeness (QED) is 0.680. The molecule has 0 radical (unpaired) electrons. The van der Waals surface area contributed by atoms with E-state index in [1.807, 2.05) is 14.1 Å². The zero-order valence-electron chi connectivity index (χ0n) is 15.5. The molecule has 0 aliphatic carbocycles. The molecule has 1 amide bonds. The highest BCUT2D eigenvalue weighted by Gasteiger charge is 2.35. The summed E-state index contributed by atoms with van der Waals surface area (Å²) >= 11 is 0. The molecule has 0 saturated carbocycles. The highest BCUT2D eigenvalue weighted by Crippen LogP contribution is 2.26. The fourth-order valence-electron chi connectivity index (χ4n) is 3.18. The van der Waals surface area contributed by atoms with Gasteiger partial charge in [-0.2, -0.15) is 9.40 Å². The van der Waals surface area contributed by atoms with Gasteiger partial charge in [-0.05, 0) is 53.8 Å². The molecule has 2 heterocycles. The summed E-state index contributed by atoms with van der Waals surface area (Å²) < 4.78 is 27.3. The van der Waals surface area contributed by atoms with Gasteiger partial charge in [-0.1, -0.05) is 0 Å². The van der Waals surface area contributed by atoms with Crippen LogP contribution in [0.4, 0.5) is 0 Å². The van der Waals surface area contributed by atoms with E-state index in [1.54, 1.807) is 13.8 Å². The minimum atomic E-state index is -3.63. The molecule has 142 valence electrons. The monoisotopic (exact) mass is 371 g/mol. The summed E-state index contributed by atoms with van der Waals surface area (Å²) in [6.45, 7) is 5.56. The van der Waals surface area contributed by atoms with Gasteiger partial charge in [0.25, 0.3) is 0 Å². The number of nitrogens with one attached hydrogen (secondary N) is 2. The smallest absolute Gasteiger partial charge is 0.246 e. The molecule has 1 unspecified atom stereocenters. The van der Waals surface area contributed by atoms with Crippen LogP contribution < -0.4 is 5.32 Å². The van der Waals surface area contributed by atoms with Crippen molar-refractivity contribution in [2.24, 2.45) is 5.92 Å². The van der Waals surface area contributed by atoms with Gasteiger partial charge in [0, 0.05) is 19.6 Å². The minimum Gasteiger partial charge on any atom is -0.356 e. The maximum atomic E-state index is 12.9. The van der Waals surface area contributed by atoms with E-state index in [2.05, 4.69) is 20.4 Å². The topological polar surface area (TPSA) is 98.4 Å². The highest BCUT2D eigenvalue weighted by atomic mass is 32.2. The normalized spacial score (nSPS) is 19.3. The van der Waals surface area contributed by atoms with E-state index < -0.39 is 10.0 Å². The standard InChI is InChI=1S/C16H29N5O3S/c1-12-15(13(2)19-18-12)25(23,24)21-10-5-7-14(11-21)16(22)17-8-6-9-20(3)4/h14H,5-11H2,1-4H3,(H,17,22)(H,18,19). The summed E-state index contributed by atoms with van der Waals surface area (Å²) in [7, 11) is 0.353. The molecule has 1 aliphatic rings. The number of carbonyl (C=O) groups is 1. The van der Waals surface area contributed by atoms with Gasteiger partial charge in [0.05, 0.1) is 17.3 Å². The minimum absolute atomic E-state index is 0.0562. The second-order valence-electron chi connectivity index (χ2n) is 6.91. The van der Waals surface area contributed by atoms with Crippen LogP contribution in [-0.4, -0.2) is 74.0 Å². The molecule has 0 aromatic carbocycles. The van der Waals surface area contributed by atoms with Crippen molar-refractivity contribution in [2.75, 3.05) is 40.3 Å². The van der Waals surface area contributed by atoms with Gasteiger partial charge in [0.2, 0.25) is 15.9 Å². The molecule has 8 nitrogen and oxygen atoms in total. The first-order chi connectivity index (χ1) is 11.7. The van der Waals surface area contributed by atoms with Gasteiger partial charge < -0.3 is 10.2 Å². The van der Waals surface area contributed by atoms with Crippen LogP contribution in [0.1, 0.15) is 30.7 Å². The number of hydrogen-bond acceptors (Lipinski definition) is 5. The third kappa shape index (κ3) is 4.80. The Morgan fingerprint density at radius 3 is 2.72 bits per heavy atom. The van der Waals surface area contributed by atoms with Crippen LogP contribution in [0.3, 0.4) is 0 Å². The number of amides is 1. The zero-order chi connectivity index (χ0) is 18.6. The Morgan fingerprint density at radius 1 is 1.40 bits per heavy atom. The Kier molecular flexibility index (Phi) is 6.59. The van der Waals surface area contributed by atoms with Crippen molar-refractivity contribution in [1.82, 2.24) is 24.7 Å². The summed E-state index contributed by atoms with van der Waals surface area (Å²) in [5.74, 6) is -0.352. The molecule has 25 heavy (non-hydrogen) atoms. The van der Waals surface area contributed by atoms with Gasteiger partial charge in [0.15, 0.2) is 0 Å². The third-order valence-corrected chi connectivity index (χ3v) is 6.62. The van der Waals surface area contributed by atoms with Crippen molar-refractivity contribution in [3.63, 3.8) is 0 Å². The van der Waals surface area contributed by atoms with Gasteiger partial charge in [-0.25, -0.2) is 8.42 Å². The number of sulfonamides is 1. The fourth-order valence-corrected chi connectivity index (χ4v) is 5.03. The van der Waals surface area contributed by atoms with E-state index in [4.69, 9.17) is 0 Å². The molecule has 1 fully saturated rings. The second kappa shape index (κ2) is 8.29.